The maximum absolute atomic E-state index is 12.8. The number of H-pyrrole nitrogens is 1. The van der Waals surface area contributed by atoms with Crippen LogP contribution in [0.4, 0.5) is 14.5 Å². The van der Waals surface area contributed by atoms with Gasteiger partial charge in [0.1, 0.15) is 5.69 Å². The Labute approximate surface area is 141 Å². The Kier molecular flexibility index (Phi) is 4.46. The Morgan fingerprint density at radius 1 is 1.32 bits per heavy atom. The van der Waals surface area contributed by atoms with Crippen molar-refractivity contribution in [2.24, 2.45) is 7.05 Å². The van der Waals surface area contributed by atoms with E-state index in [1.165, 1.54) is 17.9 Å². The summed E-state index contributed by atoms with van der Waals surface area (Å²) >= 11 is 0. The molecule has 25 heavy (non-hydrogen) atoms. The molecule has 0 spiro atoms. The maximum Gasteiger partial charge on any atom is 0.284 e. The van der Waals surface area contributed by atoms with E-state index in [0.29, 0.717) is 5.69 Å². The zero-order chi connectivity index (χ0) is 18.0. The average Bonchev–Trinajstić information content (AvgIpc) is 3.16. The first-order chi connectivity index (χ1) is 11.9. The predicted octanol–water partition coefficient (Wildman–Crippen LogP) is 2.21. The molecule has 0 aliphatic heterocycles. The number of carbonyl (C=O) groups excluding carboxylic acids is 2. The van der Waals surface area contributed by atoms with Crippen molar-refractivity contribution in [3.63, 3.8) is 0 Å². The summed E-state index contributed by atoms with van der Waals surface area (Å²) in [4.78, 5) is 26.9. The molecule has 2 heterocycles. The molecular formula is C16H15F2N5O2. The van der Waals surface area contributed by atoms with Crippen molar-refractivity contribution in [1.29, 1.82) is 0 Å². The number of aromatic amines is 1. The third kappa shape index (κ3) is 3.65. The number of alkyl halides is 2. The van der Waals surface area contributed by atoms with E-state index in [4.69, 9.17) is 0 Å². The minimum atomic E-state index is -2.81. The lowest BCUT2D eigenvalue weighted by molar-refractivity contribution is -0.115. The smallest absolute Gasteiger partial charge is 0.284 e. The summed E-state index contributed by atoms with van der Waals surface area (Å²) in [6, 6.07) is 9.03. The number of nitrogens with zero attached hydrogens (tertiary/aromatic N) is 2. The second-order valence-electron chi connectivity index (χ2n) is 5.40. The number of aryl methyl sites for hydroxylation is 1. The van der Waals surface area contributed by atoms with Gasteiger partial charge in [-0.15, -0.1) is 0 Å². The quantitative estimate of drug-likeness (QED) is 0.661. The van der Waals surface area contributed by atoms with E-state index in [0.717, 1.165) is 10.9 Å². The van der Waals surface area contributed by atoms with Crippen molar-refractivity contribution in [3.05, 3.63) is 47.9 Å². The Morgan fingerprint density at radius 2 is 2.08 bits per heavy atom. The zero-order valence-electron chi connectivity index (χ0n) is 13.2. The van der Waals surface area contributed by atoms with Crippen LogP contribution in [-0.2, 0) is 11.8 Å². The molecule has 3 aromatic rings. The SMILES string of the molecule is Cn1cc(NC(=O)CNC(=O)c2cc3ccccc3[nH]2)c(C(F)F)n1. The summed E-state index contributed by atoms with van der Waals surface area (Å²) in [6.07, 6.45) is -1.53. The van der Waals surface area contributed by atoms with Gasteiger partial charge in [0, 0.05) is 24.1 Å². The highest BCUT2D eigenvalue weighted by Crippen LogP contribution is 2.24. The number of benzene rings is 1. The van der Waals surface area contributed by atoms with E-state index in [9.17, 15) is 18.4 Å². The minimum Gasteiger partial charge on any atom is -0.351 e. The van der Waals surface area contributed by atoms with Gasteiger partial charge >= 0.3 is 0 Å². The number of rotatable bonds is 5. The number of para-hydroxylation sites is 1. The molecule has 0 saturated heterocycles. The lowest BCUT2D eigenvalue weighted by Crippen LogP contribution is -2.33. The number of aromatic nitrogens is 3. The summed E-state index contributed by atoms with van der Waals surface area (Å²) in [5.41, 5.74) is 0.512. The van der Waals surface area contributed by atoms with Crippen LogP contribution in [0.3, 0.4) is 0 Å². The Hall–Kier alpha value is -3.23. The fraction of sp³-hybridized carbons (Fsp3) is 0.188. The molecular weight excluding hydrogens is 332 g/mol. The van der Waals surface area contributed by atoms with E-state index in [-0.39, 0.29) is 12.2 Å². The molecule has 0 saturated carbocycles. The van der Waals surface area contributed by atoms with Crippen LogP contribution in [-0.4, -0.2) is 33.1 Å². The van der Waals surface area contributed by atoms with Crippen LogP contribution < -0.4 is 10.6 Å². The van der Waals surface area contributed by atoms with Crippen molar-refractivity contribution in [2.75, 3.05) is 11.9 Å². The van der Waals surface area contributed by atoms with E-state index in [1.54, 1.807) is 6.07 Å². The van der Waals surface area contributed by atoms with Crippen molar-refractivity contribution < 1.29 is 18.4 Å². The third-order valence-electron chi connectivity index (χ3n) is 3.52. The summed E-state index contributed by atoms with van der Waals surface area (Å²) in [7, 11) is 1.47. The van der Waals surface area contributed by atoms with E-state index >= 15 is 0 Å². The highest BCUT2D eigenvalue weighted by Gasteiger charge is 2.19. The number of fused-ring (bicyclic) bond motifs is 1. The van der Waals surface area contributed by atoms with E-state index in [2.05, 4.69) is 20.7 Å². The van der Waals surface area contributed by atoms with E-state index < -0.39 is 23.9 Å². The number of carbonyl (C=O) groups is 2. The molecule has 2 aromatic heterocycles. The van der Waals surface area contributed by atoms with Crippen LogP contribution in [0, 0.1) is 0 Å². The first kappa shape index (κ1) is 16.6. The lowest BCUT2D eigenvalue weighted by Gasteiger charge is -2.06. The minimum absolute atomic E-state index is 0.0811. The molecule has 1 aromatic carbocycles. The second-order valence-corrected chi connectivity index (χ2v) is 5.40. The van der Waals surface area contributed by atoms with Crippen LogP contribution in [0.25, 0.3) is 10.9 Å². The molecule has 0 atom stereocenters. The van der Waals surface area contributed by atoms with Crippen molar-refractivity contribution >= 4 is 28.4 Å². The predicted molar refractivity (Wildman–Crippen MR) is 87.4 cm³/mol. The number of amides is 2. The lowest BCUT2D eigenvalue weighted by atomic mass is 10.2. The monoisotopic (exact) mass is 347 g/mol. The summed E-state index contributed by atoms with van der Waals surface area (Å²) in [6.45, 7) is -0.355. The van der Waals surface area contributed by atoms with Crippen LogP contribution >= 0.6 is 0 Å². The highest BCUT2D eigenvalue weighted by molar-refractivity contribution is 6.01. The number of anilines is 1. The van der Waals surface area contributed by atoms with Gasteiger partial charge in [0.05, 0.1) is 12.2 Å². The Bertz CT molecular complexity index is 899. The molecule has 0 unspecified atom stereocenters. The molecule has 0 aliphatic carbocycles. The van der Waals surface area contributed by atoms with Crippen LogP contribution in [0.2, 0.25) is 0 Å². The molecule has 2 amide bonds. The topological polar surface area (TPSA) is 91.8 Å². The first-order valence-corrected chi connectivity index (χ1v) is 7.41. The highest BCUT2D eigenvalue weighted by atomic mass is 19.3. The first-order valence-electron chi connectivity index (χ1n) is 7.41. The summed E-state index contributed by atoms with van der Waals surface area (Å²) < 4.78 is 26.8. The molecule has 7 nitrogen and oxygen atoms in total. The molecule has 9 heteroatoms. The van der Waals surface area contributed by atoms with Crippen molar-refractivity contribution in [3.8, 4) is 0 Å². The summed E-state index contributed by atoms with van der Waals surface area (Å²) in [5.74, 6) is -1.09. The van der Waals surface area contributed by atoms with Gasteiger partial charge in [-0.05, 0) is 12.1 Å². The van der Waals surface area contributed by atoms with Gasteiger partial charge in [-0.2, -0.15) is 5.10 Å². The average molecular weight is 347 g/mol. The molecule has 130 valence electrons. The summed E-state index contributed by atoms with van der Waals surface area (Å²) in [5, 5.41) is 9.22. The number of nitrogens with one attached hydrogen (secondary N) is 3. The number of hydrogen-bond donors (Lipinski definition) is 3. The Balaban J connectivity index is 1.61. The van der Waals surface area contributed by atoms with Crippen LogP contribution in [0.15, 0.2) is 36.5 Å². The van der Waals surface area contributed by atoms with Gasteiger partial charge in [-0.25, -0.2) is 8.78 Å². The molecule has 0 aliphatic rings. The van der Waals surface area contributed by atoms with Crippen molar-refractivity contribution in [2.45, 2.75) is 6.43 Å². The fourth-order valence-corrected chi connectivity index (χ4v) is 2.41. The largest absolute Gasteiger partial charge is 0.351 e. The number of halogens is 2. The molecule has 0 bridgehead atoms. The van der Waals surface area contributed by atoms with Gasteiger partial charge in [-0.3, -0.25) is 14.3 Å². The van der Waals surface area contributed by atoms with Gasteiger partial charge in [-0.1, -0.05) is 18.2 Å². The van der Waals surface area contributed by atoms with Gasteiger partial charge in [0.25, 0.3) is 12.3 Å². The maximum atomic E-state index is 12.8. The fourth-order valence-electron chi connectivity index (χ4n) is 2.41. The zero-order valence-corrected chi connectivity index (χ0v) is 13.2. The van der Waals surface area contributed by atoms with Gasteiger partial charge in [0.2, 0.25) is 5.91 Å². The third-order valence-corrected chi connectivity index (χ3v) is 3.52. The van der Waals surface area contributed by atoms with Crippen LogP contribution in [0.5, 0.6) is 0 Å². The molecule has 3 N–H and O–H groups in total. The second kappa shape index (κ2) is 6.71. The standard InChI is InChI=1S/C16H15F2N5O2/c1-23-8-12(14(22-23)15(17)18)21-13(24)7-19-16(25)11-6-9-4-2-3-5-10(9)20-11/h2-6,8,15,20H,7H2,1H3,(H,19,25)(H,21,24). The van der Waals surface area contributed by atoms with Crippen LogP contribution in [0.1, 0.15) is 22.6 Å². The Morgan fingerprint density at radius 3 is 2.80 bits per heavy atom. The molecule has 3 rings (SSSR count). The van der Waals surface area contributed by atoms with Crippen molar-refractivity contribution in [1.82, 2.24) is 20.1 Å². The van der Waals surface area contributed by atoms with Gasteiger partial charge < -0.3 is 15.6 Å². The van der Waals surface area contributed by atoms with Gasteiger partial charge in [0.15, 0.2) is 5.69 Å². The van der Waals surface area contributed by atoms with E-state index in [1.807, 2.05) is 24.3 Å². The normalized spacial score (nSPS) is 11.0. The number of hydrogen-bond acceptors (Lipinski definition) is 3. The molecule has 0 radical (unpaired) electrons. The molecule has 0 fully saturated rings.